The van der Waals surface area contributed by atoms with E-state index < -0.39 is 0 Å². The minimum absolute atomic E-state index is 0.117. The van der Waals surface area contributed by atoms with Crippen molar-refractivity contribution in [3.8, 4) is 0 Å². The lowest BCUT2D eigenvalue weighted by Gasteiger charge is -2.07. The van der Waals surface area contributed by atoms with Gasteiger partial charge in [-0.1, -0.05) is 44.2 Å². The van der Waals surface area contributed by atoms with Crippen LogP contribution in [-0.2, 0) is 11.3 Å². The zero-order valence-electron chi connectivity index (χ0n) is 12.9. The summed E-state index contributed by atoms with van der Waals surface area (Å²) in [5.74, 6) is -0.297. The molecule has 0 fully saturated rings. The van der Waals surface area contributed by atoms with Crippen LogP contribution < -0.4 is 10.9 Å². The maximum absolute atomic E-state index is 12.3. The summed E-state index contributed by atoms with van der Waals surface area (Å²) in [5.41, 5.74) is 1.42. The Bertz CT molecular complexity index is 896. The number of aromatic nitrogens is 4. The topological polar surface area (TPSA) is 92.7 Å². The van der Waals surface area contributed by atoms with Gasteiger partial charge in [0.05, 0.1) is 6.33 Å². The largest absolute Gasteiger partial charge is 0.320 e. The molecule has 2 aromatic heterocycles. The average Bonchev–Trinajstić information content (AvgIpc) is 2.91. The first-order chi connectivity index (χ1) is 11.0. The SMILES string of the molecule is CC(C)C(=O)Nc1nc2ncn(Cc3ccccc3)c2c(=O)[nH]1. The Hall–Kier alpha value is -2.96. The summed E-state index contributed by atoms with van der Waals surface area (Å²) in [7, 11) is 0. The fourth-order valence-corrected chi connectivity index (χ4v) is 2.21. The van der Waals surface area contributed by atoms with Gasteiger partial charge in [-0.2, -0.15) is 4.98 Å². The maximum atomic E-state index is 12.3. The van der Waals surface area contributed by atoms with E-state index in [0.29, 0.717) is 17.7 Å². The van der Waals surface area contributed by atoms with Crippen molar-refractivity contribution in [1.29, 1.82) is 0 Å². The number of nitrogens with zero attached hydrogens (tertiary/aromatic N) is 3. The number of anilines is 1. The van der Waals surface area contributed by atoms with E-state index in [9.17, 15) is 9.59 Å². The highest BCUT2D eigenvalue weighted by Crippen LogP contribution is 2.11. The zero-order valence-corrected chi connectivity index (χ0v) is 12.9. The number of benzene rings is 1. The van der Waals surface area contributed by atoms with Crippen LogP contribution in [0.1, 0.15) is 19.4 Å². The van der Waals surface area contributed by atoms with E-state index in [4.69, 9.17) is 0 Å². The van der Waals surface area contributed by atoms with Gasteiger partial charge >= 0.3 is 0 Å². The second-order valence-electron chi connectivity index (χ2n) is 5.59. The normalized spacial score (nSPS) is 11.1. The molecule has 7 nitrogen and oxygen atoms in total. The fraction of sp³-hybridized carbons (Fsp3) is 0.250. The third-order valence-corrected chi connectivity index (χ3v) is 3.44. The molecule has 7 heteroatoms. The standard InChI is InChI=1S/C16H17N5O2/c1-10(2)14(22)19-16-18-13-12(15(23)20-16)21(9-17-13)8-11-6-4-3-5-7-11/h3-7,9-10H,8H2,1-2H3,(H2,18,19,20,22,23). The van der Waals surface area contributed by atoms with Crippen LogP contribution in [0.3, 0.4) is 0 Å². The molecule has 0 radical (unpaired) electrons. The van der Waals surface area contributed by atoms with Crippen LogP contribution in [0.15, 0.2) is 41.5 Å². The summed E-state index contributed by atoms with van der Waals surface area (Å²) < 4.78 is 1.74. The number of aromatic amines is 1. The number of hydrogen-bond donors (Lipinski definition) is 2. The molecule has 0 spiro atoms. The lowest BCUT2D eigenvalue weighted by atomic mass is 10.2. The lowest BCUT2D eigenvalue weighted by Crippen LogP contribution is -2.22. The number of carbonyl (C=O) groups excluding carboxylic acids is 1. The second kappa shape index (κ2) is 6.04. The first-order valence-electron chi connectivity index (χ1n) is 7.34. The molecule has 0 saturated heterocycles. The monoisotopic (exact) mass is 311 g/mol. The first kappa shape index (κ1) is 15.0. The van der Waals surface area contributed by atoms with Crippen LogP contribution in [0.25, 0.3) is 11.2 Å². The van der Waals surface area contributed by atoms with Gasteiger partial charge in [-0.3, -0.25) is 19.9 Å². The van der Waals surface area contributed by atoms with Crippen molar-refractivity contribution in [3.05, 3.63) is 52.6 Å². The highest BCUT2D eigenvalue weighted by Gasteiger charge is 2.13. The van der Waals surface area contributed by atoms with Gasteiger partial charge in [0.15, 0.2) is 11.2 Å². The Labute approximate surface area is 132 Å². The molecule has 118 valence electrons. The van der Waals surface area contributed by atoms with E-state index in [1.807, 2.05) is 30.3 Å². The number of H-pyrrole nitrogens is 1. The number of rotatable bonds is 4. The number of hydrogen-bond acceptors (Lipinski definition) is 4. The second-order valence-corrected chi connectivity index (χ2v) is 5.59. The van der Waals surface area contributed by atoms with E-state index in [2.05, 4.69) is 20.3 Å². The van der Waals surface area contributed by atoms with E-state index in [-0.39, 0.29) is 23.3 Å². The van der Waals surface area contributed by atoms with E-state index in [0.717, 1.165) is 5.56 Å². The third-order valence-electron chi connectivity index (χ3n) is 3.44. The van der Waals surface area contributed by atoms with Gasteiger partial charge in [0.2, 0.25) is 11.9 Å². The molecule has 1 amide bonds. The molecule has 0 aliphatic heterocycles. The van der Waals surface area contributed by atoms with Crippen molar-refractivity contribution >= 4 is 23.0 Å². The maximum Gasteiger partial charge on any atom is 0.278 e. The first-order valence-corrected chi connectivity index (χ1v) is 7.34. The summed E-state index contributed by atoms with van der Waals surface area (Å²) in [5, 5.41) is 2.58. The van der Waals surface area contributed by atoms with Crippen molar-refractivity contribution in [3.63, 3.8) is 0 Å². The quantitative estimate of drug-likeness (QED) is 0.768. The van der Waals surface area contributed by atoms with E-state index in [1.54, 1.807) is 24.7 Å². The Morgan fingerprint density at radius 2 is 2.04 bits per heavy atom. The number of carbonyl (C=O) groups is 1. The van der Waals surface area contributed by atoms with Crippen molar-refractivity contribution in [2.75, 3.05) is 5.32 Å². The minimum atomic E-state index is -0.331. The van der Waals surface area contributed by atoms with E-state index in [1.165, 1.54) is 0 Å². The van der Waals surface area contributed by atoms with Crippen LogP contribution in [0.2, 0.25) is 0 Å². The molecule has 0 bridgehead atoms. The average molecular weight is 311 g/mol. The van der Waals surface area contributed by atoms with Gasteiger partial charge in [0.25, 0.3) is 5.56 Å². The van der Waals surface area contributed by atoms with Crippen LogP contribution >= 0.6 is 0 Å². The van der Waals surface area contributed by atoms with Gasteiger partial charge in [-0.05, 0) is 5.56 Å². The van der Waals surface area contributed by atoms with Crippen LogP contribution in [0.4, 0.5) is 5.95 Å². The predicted molar refractivity (Wildman–Crippen MR) is 87.2 cm³/mol. The molecule has 3 aromatic rings. The van der Waals surface area contributed by atoms with E-state index >= 15 is 0 Å². The molecule has 0 unspecified atom stereocenters. The zero-order chi connectivity index (χ0) is 16.4. The minimum Gasteiger partial charge on any atom is -0.320 e. The Morgan fingerprint density at radius 1 is 1.30 bits per heavy atom. The molecule has 1 aromatic carbocycles. The van der Waals surface area contributed by atoms with Crippen molar-refractivity contribution < 1.29 is 4.79 Å². The molecule has 3 rings (SSSR count). The van der Waals surface area contributed by atoms with Crippen molar-refractivity contribution in [2.24, 2.45) is 5.92 Å². The highest BCUT2D eigenvalue weighted by molar-refractivity contribution is 5.91. The number of amides is 1. The Balaban J connectivity index is 1.95. The summed E-state index contributed by atoms with van der Waals surface area (Å²) >= 11 is 0. The summed E-state index contributed by atoms with van der Waals surface area (Å²) in [4.78, 5) is 35.0. The molecule has 0 aliphatic carbocycles. The number of fused-ring (bicyclic) bond motifs is 1. The van der Waals surface area contributed by atoms with Crippen molar-refractivity contribution in [2.45, 2.75) is 20.4 Å². The molecule has 0 atom stereocenters. The molecule has 2 heterocycles. The Kier molecular flexibility index (Phi) is 3.92. The predicted octanol–water partition coefficient (Wildman–Crippen LogP) is 1.76. The summed E-state index contributed by atoms with van der Waals surface area (Å²) in [6, 6.07) is 9.77. The molecule has 2 N–H and O–H groups in total. The van der Waals surface area contributed by atoms with Crippen LogP contribution in [0.5, 0.6) is 0 Å². The van der Waals surface area contributed by atoms with Gasteiger partial charge in [0, 0.05) is 12.5 Å². The van der Waals surface area contributed by atoms with Gasteiger partial charge in [-0.15, -0.1) is 0 Å². The third kappa shape index (κ3) is 3.13. The molecule has 0 saturated carbocycles. The summed E-state index contributed by atoms with van der Waals surface area (Å²) in [6.07, 6.45) is 1.58. The smallest absolute Gasteiger partial charge is 0.278 e. The highest BCUT2D eigenvalue weighted by atomic mass is 16.2. The molecular weight excluding hydrogens is 294 g/mol. The van der Waals surface area contributed by atoms with Crippen LogP contribution in [-0.4, -0.2) is 25.4 Å². The van der Waals surface area contributed by atoms with Crippen LogP contribution in [0, 0.1) is 5.92 Å². The van der Waals surface area contributed by atoms with Gasteiger partial charge in [-0.25, -0.2) is 4.98 Å². The Morgan fingerprint density at radius 3 is 2.74 bits per heavy atom. The number of imidazole rings is 1. The molecule has 0 aliphatic rings. The number of nitrogens with one attached hydrogen (secondary N) is 2. The fourth-order valence-electron chi connectivity index (χ4n) is 2.21. The van der Waals surface area contributed by atoms with Gasteiger partial charge < -0.3 is 4.57 Å². The lowest BCUT2D eigenvalue weighted by molar-refractivity contribution is -0.118. The molecular formula is C16H17N5O2. The summed E-state index contributed by atoms with van der Waals surface area (Å²) in [6.45, 7) is 4.06. The van der Waals surface area contributed by atoms with Crippen molar-refractivity contribution in [1.82, 2.24) is 19.5 Å². The molecule has 23 heavy (non-hydrogen) atoms. The van der Waals surface area contributed by atoms with Gasteiger partial charge in [0.1, 0.15) is 0 Å².